The van der Waals surface area contributed by atoms with Crippen molar-refractivity contribution in [1.29, 1.82) is 5.26 Å². The van der Waals surface area contributed by atoms with Gasteiger partial charge in [-0.1, -0.05) is 37.3 Å². The quantitative estimate of drug-likeness (QED) is 0.901. The van der Waals surface area contributed by atoms with Crippen molar-refractivity contribution in [3.05, 3.63) is 35.9 Å². The minimum atomic E-state index is 0.00713. The Morgan fingerprint density at radius 1 is 1.15 bits per heavy atom. The molecule has 2 heterocycles. The molecule has 1 N–H and O–H groups in total. The van der Waals surface area contributed by atoms with E-state index in [2.05, 4.69) is 47.5 Å². The molecule has 2 aliphatic rings. The number of likely N-dealkylation sites (tertiary alicyclic amines) is 2. The molecule has 0 spiro atoms. The number of hydrogen-bond acceptors (Lipinski definition) is 3. The van der Waals surface area contributed by atoms with Crippen LogP contribution in [-0.2, 0) is 0 Å². The topological polar surface area (TPSA) is 59.4 Å². The molecule has 1 atom stereocenters. The number of nitrogens with one attached hydrogen (secondary N) is 1. The molecule has 2 fully saturated rings. The van der Waals surface area contributed by atoms with Crippen LogP contribution in [0.4, 0.5) is 4.79 Å². The number of urea groups is 1. The minimum absolute atomic E-state index is 0.00713. The van der Waals surface area contributed by atoms with Gasteiger partial charge in [-0.3, -0.25) is 4.90 Å². The van der Waals surface area contributed by atoms with Crippen LogP contribution >= 0.6 is 0 Å². The summed E-state index contributed by atoms with van der Waals surface area (Å²) in [5, 5.41) is 12.2. The molecule has 2 aliphatic heterocycles. The molecular weight excluding hydrogens is 324 g/mol. The zero-order chi connectivity index (χ0) is 18.4. The van der Waals surface area contributed by atoms with E-state index in [1.54, 1.807) is 0 Å². The highest BCUT2D eigenvalue weighted by molar-refractivity contribution is 5.74. The first-order chi connectivity index (χ1) is 12.7. The van der Waals surface area contributed by atoms with Crippen LogP contribution in [0.3, 0.4) is 0 Å². The van der Waals surface area contributed by atoms with Crippen molar-refractivity contribution in [2.75, 3.05) is 32.7 Å². The van der Waals surface area contributed by atoms with Crippen molar-refractivity contribution in [2.45, 2.75) is 38.6 Å². The van der Waals surface area contributed by atoms with E-state index < -0.39 is 0 Å². The van der Waals surface area contributed by atoms with Crippen LogP contribution in [0.1, 0.15) is 44.2 Å². The standard InChI is InChI=1S/C21H30N4O/c1-17-7-11-24(12-8-17)20(19-5-3-2-4-6-19)16-23-21(26)25-13-9-18(15-22)10-14-25/h2-6,17-18,20H,7-14,16H2,1H3,(H,23,26). The maximum Gasteiger partial charge on any atom is 0.317 e. The summed E-state index contributed by atoms with van der Waals surface area (Å²) in [5.41, 5.74) is 1.27. The van der Waals surface area contributed by atoms with Crippen molar-refractivity contribution in [3.8, 4) is 6.07 Å². The molecule has 5 nitrogen and oxygen atoms in total. The molecular formula is C21H30N4O. The first-order valence-corrected chi connectivity index (χ1v) is 9.88. The summed E-state index contributed by atoms with van der Waals surface area (Å²) >= 11 is 0. The highest BCUT2D eigenvalue weighted by Crippen LogP contribution is 2.26. The van der Waals surface area contributed by atoms with Crippen molar-refractivity contribution < 1.29 is 4.79 Å². The molecule has 2 amide bonds. The monoisotopic (exact) mass is 354 g/mol. The summed E-state index contributed by atoms with van der Waals surface area (Å²) < 4.78 is 0. The smallest absolute Gasteiger partial charge is 0.317 e. The highest BCUT2D eigenvalue weighted by atomic mass is 16.2. The number of amides is 2. The summed E-state index contributed by atoms with van der Waals surface area (Å²) in [5.74, 6) is 0.894. The predicted molar refractivity (Wildman–Crippen MR) is 102 cm³/mol. The Labute approximate surface area is 157 Å². The number of rotatable bonds is 4. The highest BCUT2D eigenvalue weighted by Gasteiger charge is 2.27. The van der Waals surface area contributed by atoms with Gasteiger partial charge in [0, 0.05) is 25.6 Å². The van der Waals surface area contributed by atoms with E-state index in [0.717, 1.165) is 31.8 Å². The molecule has 26 heavy (non-hydrogen) atoms. The number of benzene rings is 1. The lowest BCUT2D eigenvalue weighted by Gasteiger charge is -2.37. The van der Waals surface area contributed by atoms with Gasteiger partial charge < -0.3 is 10.2 Å². The molecule has 5 heteroatoms. The number of carbonyl (C=O) groups excluding carboxylic acids is 1. The lowest BCUT2D eigenvalue weighted by atomic mass is 9.95. The number of carbonyl (C=O) groups is 1. The average molecular weight is 354 g/mol. The van der Waals surface area contributed by atoms with E-state index >= 15 is 0 Å². The summed E-state index contributed by atoms with van der Waals surface area (Å²) in [7, 11) is 0. The predicted octanol–water partition coefficient (Wildman–Crippen LogP) is 3.40. The van der Waals surface area contributed by atoms with Crippen LogP contribution in [0.25, 0.3) is 0 Å². The van der Waals surface area contributed by atoms with Crippen molar-refractivity contribution >= 4 is 6.03 Å². The van der Waals surface area contributed by atoms with Gasteiger partial charge in [0.05, 0.1) is 12.1 Å². The third kappa shape index (κ3) is 4.76. The SMILES string of the molecule is CC1CCN(C(CNC(=O)N2CCC(C#N)CC2)c2ccccc2)CC1. The Balaban J connectivity index is 1.59. The van der Waals surface area contributed by atoms with E-state index in [0.29, 0.717) is 19.6 Å². The van der Waals surface area contributed by atoms with E-state index in [1.165, 1.54) is 18.4 Å². The van der Waals surface area contributed by atoms with Crippen molar-refractivity contribution in [3.63, 3.8) is 0 Å². The van der Waals surface area contributed by atoms with Crippen molar-refractivity contribution in [1.82, 2.24) is 15.1 Å². The molecule has 1 aromatic rings. The third-order valence-electron chi connectivity index (χ3n) is 5.85. The fourth-order valence-corrected chi connectivity index (χ4v) is 3.98. The molecule has 140 valence electrons. The van der Waals surface area contributed by atoms with Crippen LogP contribution in [0.2, 0.25) is 0 Å². The maximum absolute atomic E-state index is 12.6. The zero-order valence-corrected chi connectivity index (χ0v) is 15.7. The van der Waals surface area contributed by atoms with Gasteiger partial charge >= 0.3 is 6.03 Å². The number of piperidine rings is 2. The molecule has 2 saturated heterocycles. The fraction of sp³-hybridized carbons (Fsp3) is 0.619. The average Bonchev–Trinajstić information content (AvgIpc) is 2.70. The molecule has 0 radical (unpaired) electrons. The molecule has 1 aromatic carbocycles. The maximum atomic E-state index is 12.6. The Morgan fingerprint density at radius 3 is 2.42 bits per heavy atom. The second kappa shape index (κ2) is 9.05. The van der Waals surface area contributed by atoms with Gasteiger partial charge in [0.15, 0.2) is 0 Å². The first kappa shape index (κ1) is 18.7. The van der Waals surface area contributed by atoms with Gasteiger partial charge in [-0.2, -0.15) is 5.26 Å². The van der Waals surface area contributed by atoms with Crippen molar-refractivity contribution in [2.24, 2.45) is 11.8 Å². The second-order valence-corrected chi connectivity index (χ2v) is 7.72. The van der Waals surface area contributed by atoms with Gasteiger partial charge in [-0.25, -0.2) is 4.79 Å². The van der Waals surface area contributed by atoms with E-state index in [9.17, 15) is 4.79 Å². The molecule has 0 saturated carbocycles. The van der Waals surface area contributed by atoms with Gasteiger partial charge in [-0.15, -0.1) is 0 Å². The van der Waals surface area contributed by atoms with Gasteiger partial charge in [0.1, 0.15) is 0 Å². The second-order valence-electron chi connectivity index (χ2n) is 7.72. The molecule has 1 unspecified atom stereocenters. The number of nitrogens with zero attached hydrogens (tertiary/aromatic N) is 3. The number of hydrogen-bond donors (Lipinski definition) is 1. The van der Waals surface area contributed by atoms with Crippen LogP contribution in [-0.4, -0.2) is 48.6 Å². The van der Waals surface area contributed by atoms with E-state index in [-0.39, 0.29) is 18.0 Å². The van der Waals surface area contributed by atoms with Crippen LogP contribution < -0.4 is 5.32 Å². The lowest BCUT2D eigenvalue weighted by molar-refractivity contribution is 0.131. The Kier molecular flexibility index (Phi) is 6.51. The van der Waals surface area contributed by atoms with Crippen LogP contribution in [0, 0.1) is 23.2 Å². The normalized spacial score (nSPS) is 21.2. The van der Waals surface area contributed by atoms with E-state index in [4.69, 9.17) is 5.26 Å². The third-order valence-corrected chi connectivity index (χ3v) is 5.85. The van der Waals surface area contributed by atoms with Gasteiger partial charge in [0.2, 0.25) is 0 Å². The molecule has 0 aromatic heterocycles. The minimum Gasteiger partial charge on any atom is -0.336 e. The first-order valence-electron chi connectivity index (χ1n) is 9.88. The Morgan fingerprint density at radius 2 is 1.81 bits per heavy atom. The molecule has 0 bridgehead atoms. The Hall–Kier alpha value is -2.06. The lowest BCUT2D eigenvalue weighted by Crippen LogP contribution is -2.48. The van der Waals surface area contributed by atoms with E-state index in [1.807, 2.05) is 11.0 Å². The summed E-state index contributed by atoms with van der Waals surface area (Å²) in [6.07, 6.45) is 4.02. The summed E-state index contributed by atoms with van der Waals surface area (Å²) in [4.78, 5) is 16.9. The van der Waals surface area contributed by atoms with Crippen LogP contribution in [0.15, 0.2) is 30.3 Å². The van der Waals surface area contributed by atoms with Crippen LogP contribution in [0.5, 0.6) is 0 Å². The molecule has 0 aliphatic carbocycles. The summed E-state index contributed by atoms with van der Waals surface area (Å²) in [6, 6.07) is 13.1. The zero-order valence-electron chi connectivity index (χ0n) is 15.7. The Bertz CT molecular complexity index is 611. The summed E-state index contributed by atoms with van der Waals surface area (Å²) in [6.45, 7) is 6.49. The fourth-order valence-electron chi connectivity index (χ4n) is 3.98. The number of nitriles is 1. The van der Waals surface area contributed by atoms with Gasteiger partial charge in [0.25, 0.3) is 0 Å². The molecule has 3 rings (SSSR count). The van der Waals surface area contributed by atoms with Gasteiger partial charge in [-0.05, 0) is 50.3 Å². The largest absolute Gasteiger partial charge is 0.336 e.